The second kappa shape index (κ2) is 4.13. The Balaban J connectivity index is 2.16. The smallest absolute Gasteiger partial charge is 0.0144 e. The van der Waals surface area contributed by atoms with E-state index in [9.17, 15) is 0 Å². The van der Waals surface area contributed by atoms with Crippen molar-refractivity contribution >= 4 is 0 Å². The van der Waals surface area contributed by atoms with Crippen molar-refractivity contribution in [3.63, 3.8) is 0 Å². The van der Waals surface area contributed by atoms with Crippen molar-refractivity contribution in [2.24, 2.45) is 5.92 Å². The van der Waals surface area contributed by atoms with E-state index in [0.717, 1.165) is 5.92 Å². The lowest BCUT2D eigenvalue weighted by atomic mass is 9.56. The fraction of sp³-hybridized carbons (Fsp3) is 0.625. The van der Waals surface area contributed by atoms with Gasteiger partial charge in [-0.25, -0.2) is 0 Å². The minimum atomic E-state index is 0.458. The van der Waals surface area contributed by atoms with Gasteiger partial charge in [0.2, 0.25) is 0 Å². The summed E-state index contributed by atoms with van der Waals surface area (Å²) >= 11 is 0. The summed E-state index contributed by atoms with van der Waals surface area (Å²) in [5.41, 5.74) is 3.71. The summed E-state index contributed by atoms with van der Waals surface area (Å²) in [5, 5.41) is 3.75. The van der Waals surface area contributed by atoms with Gasteiger partial charge in [0, 0.05) is 11.5 Å². The molecule has 3 atom stereocenters. The SMILES string of the molecule is CC[C@@H]1[C@@H]2Cc3ccccc3[C@]1(CC)CCN2. The van der Waals surface area contributed by atoms with E-state index in [2.05, 4.69) is 43.4 Å². The zero-order valence-corrected chi connectivity index (χ0v) is 11.0. The predicted octanol–water partition coefficient (Wildman–Crippen LogP) is 3.28. The van der Waals surface area contributed by atoms with Gasteiger partial charge in [-0.2, -0.15) is 0 Å². The molecule has 1 aromatic carbocycles. The van der Waals surface area contributed by atoms with Crippen LogP contribution in [0.1, 0.15) is 44.2 Å². The van der Waals surface area contributed by atoms with E-state index in [1.54, 1.807) is 11.1 Å². The molecule has 17 heavy (non-hydrogen) atoms. The molecule has 1 aromatic rings. The van der Waals surface area contributed by atoms with Gasteiger partial charge in [-0.3, -0.25) is 0 Å². The minimum absolute atomic E-state index is 0.458. The van der Waals surface area contributed by atoms with Gasteiger partial charge in [0.1, 0.15) is 0 Å². The van der Waals surface area contributed by atoms with Crippen molar-refractivity contribution in [2.75, 3.05) is 6.54 Å². The molecule has 0 radical (unpaired) electrons. The second-order valence-corrected chi connectivity index (χ2v) is 5.70. The Morgan fingerprint density at radius 2 is 2.12 bits per heavy atom. The van der Waals surface area contributed by atoms with Gasteiger partial charge >= 0.3 is 0 Å². The van der Waals surface area contributed by atoms with Crippen LogP contribution < -0.4 is 5.32 Å². The highest BCUT2D eigenvalue weighted by atomic mass is 15.0. The number of benzene rings is 1. The van der Waals surface area contributed by atoms with Gasteiger partial charge < -0.3 is 5.32 Å². The van der Waals surface area contributed by atoms with Gasteiger partial charge in [0.05, 0.1) is 0 Å². The summed E-state index contributed by atoms with van der Waals surface area (Å²) in [5.74, 6) is 0.830. The van der Waals surface area contributed by atoms with Crippen LogP contribution in [0.3, 0.4) is 0 Å². The van der Waals surface area contributed by atoms with Crippen molar-refractivity contribution in [2.45, 2.75) is 51.0 Å². The summed E-state index contributed by atoms with van der Waals surface area (Å²) in [6.45, 7) is 5.94. The van der Waals surface area contributed by atoms with Crippen LogP contribution in [-0.2, 0) is 11.8 Å². The van der Waals surface area contributed by atoms with E-state index < -0.39 is 0 Å². The number of hydrogen-bond donors (Lipinski definition) is 1. The number of piperidine rings is 1. The van der Waals surface area contributed by atoms with E-state index in [1.165, 1.54) is 32.2 Å². The van der Waals surface area contributed by atoms with Crippen LogP contribution in [0.4, 0.5) is 0 Å². The predicted molar refractivity (Wildman–Crippen MR) is 72.3 cm³/mol. The molecule has 2 aliphatic rings. The molecule has 1 aliphatic heterocycles. The van der Waals surface area contributed by atoms with E-state index >= 15 is 0 Å². The van der Waals surface area contributed by atoms with Crippen LogP contribution in [0.25, 0.3) is 0 Å². The molecule has 0 unspecified atom stereocenters. The molecule has 1 fully saturated rings. The van der Waals surface area contributed by atoms with E-state index in [4.69, 9.17) is 0 Å². The average molecular weight is 229 g/mol. The summed E-state index contributed by atoms with van der Waals surface area (Å²) in [6.07, 6.45) is 5.15. The maximum absolute atomic E-state index is 3.75. The first-order valence-corrected chi connectivity index (χ1v) is 7.13. The summed E-state index contributed by atoms with van der Waals surface area (Å²) < 4.78 is 0. The van der Waals surface area contributed by atoms with E-state index in [0.29, 0.717) is 11.5 Å². The largest absolute Gasteiger partial charge is 0.313 e. The van der Waals surface area contributed by atoms with Crippen molar-refractivity contribution in [3.05, 3.63) is 35.4 Å². The summed E-state index contributed by atoms with van der Waals surface area (Å²) in [7, 11) is 0. The molecule has 1 heteroatoms. The van der Waals surface area contributed by atoms with E-state index in [1.807, 2.05) is 0 Å². The van der Waals surface area contributed by atoms with Crippen molar-refractivity contribution in [3.8, 4) is 0 Å². The number of fused-ring (bicyclic) bond motifs is 4. The number of nitrogens with one attached hydrogen (secondary N) is 1. The maximum atomic E-state index is 3.75. The van der Waals surface area contributed by atoms with Crippen LogP contribution in [0.15, 0.2) is 24.3 Å². The molecule has 0 amide bonds. The quantitative estimate of drug-likeness (QED) is 0.820. The Kier molecular flexibility index (Phi) is 2.74. The topological polar surface area (TPSA) is 12.0 Å². The molecule has 1 aliphatic carbocycles. The fourth-order valence-corrected chi connectivity index (χ4v) is 4.47. The molecule has 0 saturated carbocycles. The summed E-state index contributed by atoms with van der Waals surface area (Å²) in [4.78, 5) is 0. The van der Waals surface area contributed by atoms with Gasteiger partial charge in [-0.1, -0.05) is 44.5 Å². The monoisotopic (exact) mass is 229 g/mol. The second-order valence-electron chi connectivity index (χ2n) is 5.70. The zero-order valence-electron chi connectivity index (χ0n) is 11.0. The van der Waals surface area contributed by atoms with Crippen molar-refractivity contribution in [1.29, 1.82) is 0 Å². The highest BCUT2D eigenvalue weighted by molar-refractivity contribution is 5.40. The molecule has 0 aromatic heterocycles. The minimum Gasteiger partial charge on any atom is -0.313 e. The molecule has 1 heterocycles. The molecular weight excluding hydrogens is 206 g/mol. The highest BCUT2D eigenvalue weighted by Gasteiger charge is 2.48. The molecule has 0 spiro atoms. The van der Waals surface area contributed by atoms with Crippen molar-refractivity contribution < 1.29 is 0 Å². The molecular formula is C16H23N. The Hall–Kier alpha value is -0.820. The fourth-order valence-electron chi connectivity index (χ4n) is 4.47. The standard InChI is InChI=1S/C16H23N/c1-3-13-15-11-12-7-5-6-8-14(12)16(13,4-2)9-10-17-15/h5-8,13,15,17H,3-4,9-11H2,1-2H3/t13-,15+,16-/m1/s1. The van der Waals surface area contributed by atoms with E-state index in [-0.39, 0.29) is 0 Å². The van der Waals surface area contributed by atoms with Gasteiger partial charge in [-0.15, -0.1) is 0 Å². The Morgan fingerprint density at radius 1 is 1.29 bits per heavy atom. The van der Waals surface area contributed by atoms with Crippen LogP contribution in [0.2, 0.25) is 0 Å². The third kappa shape index (κ3) is 1.48. The average Bonchev–Trinajstić information content (AvgIpc) is 2.38. The molecule has 1 N–H and O–H groups in total. The Bertz CT molecular complexity index is 412. The van der Waals surface area contributed by atoms with Gasteiger partial charge in [0.15, 0.2) is 0 Å². The number of rotatable bonds is 2. The zero-order chi connectivity index (χ0) is 11.9. The lowest BCUT2D eigenvalue weighted by Gasteiger charge is -2.53. The van der Waals surface area contributed by atoms with Crippen LogP contribution in [0.5, 0.6) is 0 Å². The lowest BCUT2D eigenvalue weighted by molar-refractivity contribution is 0.118. The lowest BCUT2D eigenvalue weighted by Crippen LogP contribution is -2.58. The third-order valence-electron chi connectivity index (χ3n) is 5.24. The third-order valence-corrected chi connectivity index (χ3v) is 5.24. The Labute approximate surface area is 105 Å². The normalized spacial score (nSPS) is 35.4. The van der Waals surface area contributed by atoms with Crippen LogP contribution in [-0.4, -0.2) is 12.6 Å². The summed E-state index contributed by atoms with van der Waals surface area (Å²) in [6, 6.07) is 9.87. The molecule has 1 saturated heterocycles. The first-order chi connectivity index (χ1) is 8.31. The van der Waals surface area contributed by atoms with Gasteiger partial charge in [-0.05, 0) is 42.9 Å². The first kappa shape index (κ1) is 11.3. The first-order valence-electron chi connectivity index (χ1n) is 7.13. The molecule has 1 nitrogen and oxygen atoms in total. The van der Waals surface area contributed by atoms with Crippen LogP contribution >= 0.6 is 0 Å². The maximum Gasteiger partial charge on any atom is 0.0144 e. The molecule has 2 bridgehead atoms. The number of hydrogen-bond acceptors (Lipinski definition) is 1. The van der Waals surface area contributed by atoms with Crippen LogP contribution in [0, 0.1) is 5.92 Å². The Morgan fingerprint density at radius 3 is 2.88 bits per heavy atom. The van der Waals surface area contributed by atoms with Gasteiger partial charge in [0.25, 0.3) is 0 Å². The molecule has 92 valence electrons. The molecule has 3 rings (SSSR count). The highest BCUT2D eigenvalue weighted by Crippen LogP contribution is 2.49. The van der Waals surface area contributed by atoms with Crippen molar-refractivity contribution in [1.82, 2.24) is 5.32 Å².